The van der Waals surface area contributed by atoms with E-state index >= 15 is 0 Å². The van der Waals surface area contributed by atoms with Gasteiger partial charge in [-0.25, -0.2) is 0 Å². The van der Waals surface area contributed by atoms with Crippen LogP contribution in [0.2, 0.25) is 0 Å². The van der Waals surface area contributed by atoms with E-state index < -0.39 is 55.1 Å². The van der Waals surface area contributed by atoms with Gasteiger partial charge in [0, 0.05) is 13.1 Å². The number of hydrogen-bond donors (Lipinski definition) is 6. The van der Waals surface area contributed by atoms with Crippen molar-refractivity contribution in [2.24, 2.45) is 0 Å². The molecule has 0 saturated heterocycles. The van der Waals surface area contributed by atoms with Crippen LogP contribution in [0.15, 0.2) is 0 Å². The van der Waals surface area contributed by atoms with Crippen LogP contribution in [0.1, 0.15) is 6.42 Å². The Hall–Kier alpha value is 0.600. The molecule has 0 amide bonds. The molecule has 0 spiro atoms. The third-order valence-electron chi connectivity index (χ3n) is 3.32. The second-order valence-corrected chi connectivity index (χ2v) is 13.1. The molecule has 0 aromatic carbocycles. The first kappa shape index (κ1) is 25.6. The quantitative estimate of drug-likeness (QED) is 0.204. The van der Waals surface area contributed by atoms with Gasteiger partial charge in [-0.2, -0.15) is 0 Å². The van der Waals surface area contributed by atoms with Crippen LogP contribution in [0.25, 0.3) is 0 Å². The van der Waals surface area contributed by atoms with E-state index in [9.17, 15) is 47.6 Å². The van der Waals surface area contributed by atoms with E-state index in [4.69, 9.17) is 0 Å². The monoisotopic (exact) mass is 446 g/mol. The summed E-state index contributed by atoms with van der Waals surface area (Å²) in [5, 5.41) is -3.84. The van der Waals surface area contributed by atoms with Crippen LogP contribution < -0.4 is 0 Å². The lowest BCUT2D eigenvalue weighted by Gasteiger charge is -2.29. The van der Waals surface area contributed by atoms with E-state index in [1.807, 2.05) is 0 Å². The van der Waals surface area contributed by atoms with Crippen molar-refractivity contribution in [1.29, 1.82) is 0 Å². The summed E-state index contributed by atoms with van der Waals surface area (Å²) in [6.45, 7) is -0.662. The van der Waals surface area contributed by atoms with Crippen molar-refractivity contribution >= 4 is 31.2 Å². The van der Waals surface area contributed by atoms with E-state index in [0.29, 0.717) is 13.0 Å². The Labute approximate surface area is 146 Å². The Bertz CT molecular complexity index is 519. The minimum atomic E-state index is -4.94. The second-order valence-electron chi connectivity index (χ2n) is 5.80. The van der Waals surface area contributed by atoms with Crippen LogP contribution in [0.4, 0.5) is 0 Å². The van der Waals surface area contributed by atoms with Crippen LogP contribution in [-0.2, 0) is 18.3 Å². The van der Waals surface area contributed by atoms with Crippen molar-refractivity contribution in [3.8, 4) is 0 Å². The lowest BCUT2D eigenvalue weighted by Crippen LogP contribution is -2.37. The summed E-state index contributed by atoms with van der Waals surface area (Å²) in [7, 11) is -13.6. The average molecular weight is 446 g/mol. The van der Waals surface area contributed by atoms with E-state index in [1.54, 1.807) is 19.0 Å². The Morgan fingerprint density at radius 2 is 1.20 bits per heavy atom. The maximum Gasteiger partial charge on any atom is 0.339 e. The summed E-state index contributed by atoms with van der Waals surface area (Å²) in [4.78, 5) is 58.1. The predicted octanol–water partition coefficient (Wildman–Crippen LogP) is -0.818. The predicted molar refractivity (Wildman–Crippen MR) is 93.7 cm³/mol. The first-order chi connectivity index (χ1) is 11.2. The molecule has 0 fully saturated rings. The van der Waals surface area contributed by atoms with Crippen LogP contribution in [0.3, 0.4) is 0 Å². The molecule has 16 heteroatoms. The SMILES string of the molecule is CN(C)CCCN(CC([PH](=O)O)P(=O)(O)O)CC([PH](=O)O)P(=O)(O)O. The maximum absolute atomic E-state index is 11.4. The van der Waals surface area contributed by atoms with Crippen LogP contribution in [0.5, 0.6) is 0 Å². The summed E-state index contributed by atoms with van der Waals surface area (Å²) in [5.41, 5.74) is 0. The topological polar surface area (TPSA) is 196 Å². The second kappa shape index (κ2) is 10.8. The Balaban J connectivity index is 5.39. The van der Waals surface area contributed by atoms with Crippen molar-refractivity contribution in [2.45, 2.75) is 17.2 Å². The Morgan fingerprint density at radius 1 is 0.840 bits per heavy atom. The third-order valence-corrected chi connectivity index (χ3v) is 10.1. The zero-order valence-electron chi connectivity index (χ0n) is 13.8. The van der Waals surface area contributed by atoms with Gasteiger partial charge in [0.25, 0.3) is 0 Å². The molecule has 0 radical (unpaired) electrons. The van der Waals surface area contributed by atoms with Crippen LogP contribution in [-0.4, -0.2) is 90.2 Å². The van der Waals surface area contributed by atoms with E-state index in [2.05, 4.69) is 0 Å². The van der Waals surface area contributed by atoms with E-state index in [0.717, 1.165) is 4.90 Å². The minimum absolute atomic E-state index is 0.0650. The van der Waals surface area contributed by atoms with Gasteiger partial charge >= 0.3 is 15.2 Å². The van der Waals surface area contributed by atoms with E-state index in [1.165, 1.54) is 0 Å². The average Bonchev–Trinajstić information content (AvgIpc) is 2.36. The number of hydrogen-bond acceptors (Lipinski definition) is 6. The van der Waals surface area contributed by atoms with Crippen molar-refractivity contribution in [1.82, 2.24) is 9.80 Å². The highest BCUT2D eigenvalue weighted by Crippen LogP contribution is 2.54. The molecule has 6 N–H and O–H groups in total. The summed E-state index contributed by atoms with van der Waals surface area (Å²) in [6, 6.07) is 0. The largest absolute Gasteiger partial charge is 0.346 e. The Morgan fingerprint density at radius 3 is 1.44 bits per heavy atom. The fraction of sp³-hybridized carbons (Fsp3) is 1.00. The van der Waals surface area contributed by atoms with E-state index in [-0.39, 0.29) is 6.54 Å². The third kappa shape index (κ3) is 10.5. The fourth-order valence-electron chi connectivity index (χ4n) is 2.01. The summed E-state index contributed by atoms with van der Waals surface area (Å²) >= 11 is 0. The molecule has 4 atom stereocenters. The van der Waals surface area contributed by atoms with Gasteiger partial charge in [0.15, 0.2) is 0 Å². The fourth-order valence-corrected chi connectivity index (χ4v) is 6.03. The molecule has 12 nitrogen and oxygen atoms in total. The molecular weight excluding hydrogens is 420 g/mol. The summed E-state index contributed by atoms with van der Waals surface area (Å²) in [5.74, 6) is 0. The standard InChI is InChI=1S/C9H26N2O10P4/c1-10(2)4-3-5-11(6-8(22(12)13)24(16,17)18)7-9(23(14)15)25(19,20)21/h8-9,22-23H,3-7H2,1-2H3,(H,12,13)(H,14,15)(H2,16,17,18)(H2,19,20,21). The van der Waals surface area contributed by atoms with Crippen LogP contribution >= 0.6 is 31.2 Å². The molecule has 25 heavy (non-hydrogen) atoms. The lowest BCUT2D eigenvalue weighted by atomic mass is 10.3. The molecule has 0 bridgehead atoms. The van der Waals surface area contributed by atoms with Gasteiger partial charge in [0.05, 0.1) is 0 Å². The lowest BCUT2D eigenvalue weighted by molar-refractivity contribution is 0.251. The molecule has 0 saturated carbocycles. The molecule has 0 aromatic rings. The molecule has 0 aliphatic carbocycles. The molecule has 0 aliphatic rings. The molecule has 152 valence electrons. The highest BCUT2D eigenvalue weighted by molar-refractivity contribution is 7.66. The normalized spacial score (nSPS) is 18.3. The van der Waals surface area contributed by atoms with Crippen molar-refractivity contribution in [2.75, 3.05) is 40.3 Å². The van der Waals surface area contributed by atoms with Crippen molar-refractivity contribution in [3.05, 3.63) is 0 Å². The smallest absolute Gasteiger partial charge is 0.339 e. The number of rotatable bonds is 12. The molecule has 0 aromatic heterocycles. The molecule has 0 aliphatic heterocycles. The molecule has 0 heterocycles. The van der Waals surface area contributed by atoms with Gasteiger partial charge in [-0.15, -0.1) is 0 Å². The number of nitrogens with zero attached hydrogens (tertiary/aromatic N) is 2. The summed E-state index contributed by atoms with van der Waals surface area (Å²) in [6.07, 6.45) is 0.410. The zero-order chi connectivity index (χ0) is 20.0. The van der Waals surface area contributed by atoms with Crippen LogP contribution in [0, 0.1) is 0 Å². The highest BCUT2D eigenvalue weighted by atomic mass is 31.2. The first-order valence-electron chi connectivity index (χ1n) is 7.09. The van der Waals surface area contributed by atoms with Gasteiger partial charge in [-0.05, 0) is 33.6 Å². The Kier molecular flexibility index (Phi) is 11.1. The van der Waals surface area contributed by atoms with Crippen molar-refractivity contribution < 1.29 is 47.6 Å². The first-order valence-corrected chi connectivity index (χ1v) is 13.3. The highest BCUT2D eigenvalue weighted by Gasteiger charge is 2.39. The van der Waals surface area contributed by atoms with Gasteiger partial charge in [-0.3, -0.25) is 18.3 Å². The van der Waals surface area contributed by atoms with Gasteiger partial charge in [-0.1, -0.05) is 0 Å². The maximum atomic E-state index is 11.4. The molecule has 4 unspecified atom stereocenters. The van der Waals surface area contributed by atoms with Gasteiger partial charge < -0.3 is 39.2 Å². The zero-order valence-corrected chi connectivity index (χ0v) is 17.6. The molecule has 0 rings (SSSR count). The summed E-state index contributed by atoms with van der Waals surface area (Å²) < 4.78 is 45.3. The molecular formula is C9H26N2O10P4. The van der Waals surface area contributed by atoms with Crippen molar-refractivity contribution in [3.63, 3.8) is 0 Å². The minimum Gasteiger partial charge on any atom is -0.346 e. The van der Waals surface area contributed by atoms with Gasteiger partial charge in [0.2, 0.25) is 16.1 Å². The van der Waals surface area contributed by atoms with Gasteiger partial charge in [0.1, 0.15) is 10.8 Å².